The van der Waals surface area contributed by atoms with Crippen LogP contribution in [0.3, 0.4) is 0 Å². The zero-order valence-corrected chi connectivity index (χ0v) is 20.0. The summed E-state index contributed by atoms with van der Waals surface area (Å²) in [6.45, 7) is 4.54. The molecule has 164 valence electrons. The van der Waals surface area contributed by atoms with Gasteiger partial charge in [0.25, 0.3) is 0 Å². The number of rotatable bonds is 22. The second-order valence-electron chi connectivity index (χ2n) is 8.19. The molecule has 0 N–H and O–H groups in total. The molecular formula is C24H48Cl2O. The van der Waals surface area contributed by atoms with Gasteiger partial charge >= 0.3 is 0 Å². The van der Waals surface area contributed by atoms with E-state index in [9.17, 15) is 0 Å². The lowest BCUT2D eigenvalue weighted by atomic mass is 10.1. The summed E-state index contributed by atoms with van der Waals surface area (Å²) in [6, 6.07) is 0. The van der Waals surface area contributed by atoms with Crippen molar-refractivity contribution in [3.05, 3.63) is 0 Å². The SMILES string of the molecule is CCCCCCCCCCCC(Cl)OC(Cl)CCCCCCCCCCC. The highest BCUT2D eigenvalue weighted by molar-refractivity contribution is 6.21. The third-order valence-corrected chi connectivity index (χ3v) is 6.01. The van der Waals surface area contributed by atoms with Gasteiger partial charge in [0, 0.05) is 0 Å². The molecule has 0 radical (unpaired) electrons. The van der Waals surface area contributed by atoms with E-state index in [0.717, 1.165) is 25.7 Å². The third kappa shape index (κ3) is 22.7. The Morgan fingerprint density at radius 3 is 1.00 bits per heavy atom. The normalized spacial score (nSPS) is 13.8. The molecule has 0 aliphatic carbocycles. The third-order valence-electron chi connectivity index (χ3n) is 5.36. The molecular weight excluding hydrogens is 375 g/mol. The molecule has 27 heavy (non-hydrogen) atoms. The van der Waals surface area contributed by atoms with E-state index in [1.807, 2.05) is 0 Å². The van der Waals surface area contributed by atoms with Gasteiger partial charge in [0.1, 0.15) is 11.1 Å². The second-order valence-corrected chi connectivity index (χ2v) is 9.16. The Morgan fingerprint density at radius 2 is 0.704 bits per heavy atom. The largest absolute Gasteiger partial charge is 0.344 e. The molecule has 0 aromatic heterocycles. The maximum atomic E-state index is 6.29. The summed E-state index contributed by atoms with van der Waals surface area (Å²) >= 11 is 12.6. The van der Waals surface area contributed by atoms with E-state index in [0.29, 0.717) is 0 Å². The summed E-state index contributed by atoms with van der Waals surface area (Å²) in [5.41, 5.74) is -0.425. The van der Waals surface area contributed by atoms with Crippen molar-refractivity contribution < 1.29 is 4.74 Å². The smallest absolute Gasteiger partial charge is 0.133 e. The van der Waals surface area contributed by atoms with Crippen molar-refractivity contribution in [2.45, 2.75) is 153 Å². The van der Waals surface area contributed by atoms with Gasteiger partial charge in [-0.25, -0.2) is 0 Å². The van der Waals surface area contributed by atoms with Crippen LogP contribution < -0.4 is 0 Å². The predicted molar refractivity (Wildman–Crippen MR) is 124 cm³/mol. The minimum absolute atomic E-state index is 0.212. The minimum atomic E-state index is -0.212. The lowest BCUT2D eigenvalue weighted by Gasteiger charge is -2.16. The molecule has 0 aliphatic heterocycles. The van der Waals surface area contributed by atoms with Gasteiger partial charge in [-0.1, -0.05) is 140 Å². The number of halogens is 2. The Bertz CT molecular complexity index is 247. The van der Waals surface area contributed by atoms with E-state index < -0.39 is 0 Å². The number of hydrogen-bond donors (Lipinski definition) is 0. The number of alkyl halides is 2. The van der Waals surface area contributed by atoms with Crippen LogP contribution in [0.2, 0.25) is 0 Å². The molecule has 2 atom stereocenters. The van der Waals surface area contributed by atoms with Gasteiger partial charge in [0.2, 0.25) is 0 Å². The molecule has 0 bridgehead atoms. The van der Waals surface area contributed by atoms with Crippen LogP contribution in [-0.2, 0) is 4.74 Å². The Hall–Kier alpha value is 0.540. The number of unbranched alkanes of at least 4 members (excludes halogenated alkanes) is 16. The van der Waals surface area contributed by atoms with Gasteiger partial charge in [-0.05, 0) is 25.7 Å². The molecule has 0 amide bonds. The van der Waals surface area contributed by atoms with Crippen LogP contribution in [0.25, 0.3) is 0 Å². The Labute approximate surface area is 181 Å². The fourth-order valence-corrected chi connectivity index (χ4v) is 4.14. The van der Waals surface area contributed by atoms with Gasteiger partial charge in [0.05, 0.1) is 0 Å². The number of ether oxygens (including phenoxy) is 1. The van der Waals surface area contributed by atoms with Gasteiger partial charge < -0.3 is 4.74 Å². The zero-order valence-electron chi connectivity index (χ0n) is 18.5. The maximum Gasteiger partial charge on any atom is 0.133 e. The molecule has 0 saturated heterocycles. The van der Waals surface area contributed by atoms with Crippen LogP contribution in [0, 0.1) is 0 Å². The van der Waals surface area contributed by atoms with Crippen LogP contribution in [0.4, 0.5) is 0 Å². The summed E-state index contributed by atoms with van der Waals surface area (Å²) < 4.78 is 5.73. The molecule has 0 rings (SSSR count). The average Bonchev–Trinajstić information content (AvgIpc) is 2.65. The Kier molecular flexibility index (Phi) is 23.3. The lowest BCUT2D eigenvalue weighted by Crippen LogP contribution is -2.13. The molecule has 0 fully saturated rings. The highest BCUT2D eigenvalue weighted by Crippen LogP contribution is 2.20. The Balaban J connectivity index is 3.30. The second kappa shape index (κ2) is 22.8. The van der Waals surface area contributed by atoms with Crippen molar-refractivity contribution in [3.8, 4) is 0 Å². The monoisotopic (exact) mass is 422 g/mol. The van der Waals surface area contributed by atoms with E-state index in [1.54, 1.807) is 0 Å². The highest BCUT2D eigenvalue weighted by Gasteiger charge is 2.11. The molecule has 0 spiro atoms. The summed E-state index contributed by atoms with van der Waals surface area (Å²) in [6.07, 6.45) is 26.0. The van der Waals surface area contributed by atoms with E-state index in [2.05, 4.69) is 13.8 Å². The van der Waals surface area contributed by atoms with E-state index >= 15 is 0 Å². The average molecular weight is 424 g/mol. The molecule has 1 nitrogen and oxygen atoms in total. The van der Waals surface area contributed by atoms with Crippen molar-refractivity contribution in [1.82, 2.24) is 0 Å². The van der Waals surface area contributed by atoms with Crippen LogP contribution >= 0.6 is 23.2 Å². The van der Waals surface area contributed by atoms with Crippen molar-refractivity contribution in [2.75, 3.05) is 0 Å². The standard InChI is InChI=1S/C24H48Cl2O/c1-3-5-7-9-11-13-15-17-19-21-23(25)27-24(26)22-20-18-16-14-12-10-8-6-4-2/h23-24H,3-22H2,1-2H3. The van der Waals surface area contributed by atoms with Crippen molar-refractivity contribution >= 4 is 23.2 Å². The van der Waals surface area contributed by atoms with Crippen molar-refractivity contribution in [2.24, 2.45) is 0 Å². The van der Waals surface area contributed by atoms with Gasteiger partial charge in [0.15, 0.2) is 0 Å². The summed E-state index contributed by atoms with van der Waals surface area (Å²) in [7, 11) is 0. The molecule has 3 heteroatoms. The first kappa shape index (κ1) is 27.5. The summed E-state index contributed by atoms with van der Waals surface area (Å²) in [5, 5.41) is 0. The van der Waals surface area contributed by atoms with Gasteiger partial charge in [-0.15, -0.1) is 0 Å². The Morgan fingerprint density at radius 1 is 0.444 bits per heavy atom. The first-order valence-corrected chi connectivity index (χ1v) is 13.0. The molecule has 2 unspecified atom stereocenters. The topological polar surface area (TPSA) is 9.23 Å². The lowest BCUT2D eigenvalue weighted by molar-refractivity contribution is 0.0690. The molecule has 0 aromatic rings. The van der Waals surface area contributed by atoms with Crippen LogP contribution in [0.5, 0.6) is 0 Å². The number of hydrogen-bond acceptors (Lipinski definition) is 1. The fourth-order valence-electron chi connectivity index (χ4n) is 3.53. The van der Waals surface area contributed by atoms with Gasteiger partial charge in [-0.3, -0.25) is 0 Å². The quantitative estimate of drug-likeness (QED) is 0.124. The highest BCUT2D eigenvalue weighted by atomic mass is 35.5. The van der Waals surface area contributed by atoms with Gasteiger partial charge in [-0.2, -0.15) is 0 Å². The fraction of sp³-hybridized carbons (Fsp3) is 1.00. The van der Waals surface area contributed by atoms with Crippen molar-refractivity contribution in [1.29, 1.82) is 0 Å². The first-order valence-electron chi connectivity index (χ1n) is 12.1. The summed E-state index contributed by atoms with van der Waals surface area (Å²) in [5.74, 6) is 0. The molecule has 0 heterocycles. The van der Waals surface area contributed by atoms with Crippen LogP contribution in [0.1, 0.15) is 142 Å². The molecule has 0 saturated carbocycles. The zero-order chi connectivity index (χ0) is 20.0. The summed E-state index contributed by atoms with van der Waals surface area (Å²) in [4.78, 5) is 0. The van der Waals surface area contributed by atoms with E-state index in [-0.39, 0.29) is 11.1 Å². The van der Waals surface area contributed by atoms with E-state index in [4.69, 9.17) is 27.9 Å². The molecule has 0 aliphatic rings. The molecule has 0 aromatic carbocycles. The first-order chi connectivity index (χ1) is 13.2. The maximum absolute atomic E-state index is 6.29. The van der Waals surface area contributed by atoms with Crippen LogP contribution in [-0.4, -0.2) is 11.1 Å². The predicted octanol–water partition coefficient (Wildman–Crippen LogP) is 9.97. The van der Waals surface area contributed by atoms with Crippen molar-refractivity contribution in [3.63, 3.8) is 0 Å². The van der Waals surface area contributed by atoms with E-state index in [1.165, 1.54) is 103 Å². The minimum Gasteiger partial charge on any atom is -0.344 e. The van der Waals surface area contributed by atoms with Crippen LogP contribution in [0.15, 0.2) is 0 Å².